The summed E-state index contributed by atoms with van der Waals surface area (Å²) in [7, 11) is 1.63. The van der Waals surface area contributed by atoms with Crippen LogP contribution in [0.25, 0.3) is 16.6 Å². The molecule has 114 valence electrons. The second-order valence-electron chi connectivity index (χ2n) is 5.02. The third-order valence-corrected chi connectivity index (χ3v) is 3.55. The zero-order valence-electron chi connectivity index (χ0n) is 12.5. The number of rotatable bonds is 4. The predicted octanol–water partition coefficient (Wildman–Crippen LogP) is 2.87. The van der Waals surface area contributed by atoms with E-state index < -0.39 is 0 Å². The van der Waals surface area contributed by atoms with E-state index in [9.17, 15) is 0 Å². The van der Waals surface area contributed by atoms with Crippen LogP contribution in [0.15, 0.2) is 54.9 Å². The van der Waals surface area contributed by atoms with Gasteiger partial charge in [-0.2, -0.15) is 0 Å². The zero-order valence-corrected chi connectivity index (χ0v) is 12.5. The topological polar surface area (TPSA) is 61.5 Å². The molecule has 6 nitrogen and oxygen atoms in total. The van der Waals surface area contributed by atoms with Crippen molar-refractivity contribution in [2.45, 2.75) is 6.61 Å². The molecule has 0 saturated heterocycles. The molecule has 0 saturated carbocycles. The molecule has 0 N–H and O–H groups in total. The zero-order chi connectivity index (χ0) is 15.6. The van der Waals surface area contributed by atoms with Crippen LogP contribution in [-0.2, 0) is 6.61 Å². The van der Waals surface area contributed by atoms with Crippen molar-refractivity contribution in [3.63, 3.8) is 0 Å². The first-order valence-electron chi connectivity index (χ1n) is 7.19. The molecule has 0 spiro atoms. The van der Waals surface area contributed by atoms with Crippen molar-refractivity contribution < 1.29 is 9.47 Å². The summed E-state index contributed by atoms with van der Waals surface area (Å²) >= 11 is 0. The van der Waals surface area contributed by atoms with E-state index in [2.05, 4.69) is 15.1 Å². The van der Waals surface area contributed by atoms with Crippen molar-refractivity contribution >= 4 is 16.6 Å². The van der Waals surface area contributed by atoms with E-state index in [1.807, 2.05) is 48.5 Å². The number of aromatic nitrogens is 4. The van der Waals surface area contributed by atoms with Gasteiger partial charge in [0.25, 0.3) is 0 Å². The molecule has 6 heteroatoms. The monoisotopic (exact) mass is 306 g/mol. The van der Waals surface area contributed by atoms with Gasteiger partial charge in [0.05, 0.1) is 12.6 Å². The Morgan fingerprint density at radius 2 is 1.78 bits per heavy atom. The third-order valence-electron chi connectivity index (χ3n) is 3.55. The van der Waals surface area contributed by atoms with Crippen molar-refractivity contribution in [1.29, 1.82) is 0 Å². The largest absolute Gasteiger partial charge is 0.497 e. The second-order valence-corrected chi connectivity index (χ2v) is 5.02. The van der Waals surface area contributed by atoms with Crippen LogP contribution < -0.4 is 9.47 Å². The highest BCUT2D eigenvalue weighted by Crippen LogP contribution is 2.19. The molecule has 0 amide bonds. The Kier molecular flexibility index (Phi) is 3.27. The number of hydrogen-bond donors (Lipinski definition) is 0. The molecule has 0 aliphatic rings. The molecular weight excluding hydrogens is 292 g/mol. The highest BCUT2D eigenvalue weighted by atomic mass is 16.5. The first kappa shape index (κ1) is 13.5. The second kappa shape index (κ2) is 5.57. The van der Waals surface area contributed by atoms with Gasteiger partial charge in [0.15, 0.2) is 11.5 Å². The normalized spacial score (nSPS) is 11.0. The lowest BCUT2D eigenvalue weighted by molar-refractivity contribution is 0.295. The maximum absolute atomic E-state index is 5.72. The molecule has 0 aliphatic heterocycles. The summed E-state index contributed by atoms with van der Waals surface area (Å²) < 4.78 is 12.5. The lowest BCUT2D eigenvalue weighted by Crippen LogP contribution is -1.98. The van der Waals surface area contributed by atoms with Crippen molar-refractivity contribution in [2.24, 2.45) is 0 Å². The molecular formula is C17H14N4O2. The number of hydrogen-bond acceptors (Lipinski definition) is 5. The summed E-state index contributed by atoms with van der Waals surface area (Å²) in [5.41, 5.74) is 1.68. The molecule has 23 heavy (non-hydrogen) atoms. The molecule has 4 rings (SSSR count). The van der Waals surface area contributed by atoms with Gasteiger partial charge in [-0.05, 0) is 36.4 Å². The van der Waals surface area contributed by atoms with Crippen LogP contribution in [0.3, 0.4) is 0 Å². The minimum atomic E-state index is 0.294. The number of benzene rings is 2. The van der Waals surface area contributed by atoms with E-state index in [0.29, 0.717) is 12.4 Å². The van der Waals surface area contributed by atoms with Gasteiger partial charge in [0.2, 0.25) is 0 Å². The number of methoxy groups -OCH3 is 1. The lowest BCUT2D eigenvalue weighted by atomic mass is 10.2. The average molecular weight is 306 g/mol. The summed E-state index contributed by atoms with van der Waals surface area (Å²) in [6.07, 6.45) is 1.67. The summed E-state index contributed by atoms with van der Waals surface area (Å²) in [5.74, 6) is 2.15. The number of ether oxygens (including phenoxy) is 2. The predicted molar refractivity (Wildman–Crippen MR) is 85.6 cm³/mol. The Bertz CT molecular complexity index is 963. The van der Waals surface area contributed by atoms with E-state index in [1.54, 1.807) is 18.0 Å². The fraction of sp³-hybridized carbons (Fsp3) is 0.118. The molecule has 0 unspecified atom stereocenters. The lowest BCUT2D eigenvalue weighted by Gasteiger charge is -2.04. The SMILES string of the molecule is COc1ccc(OCc2nc3c4ccccc4ncn3n2)cc1. The van der Waals surface area contributed by atoms with Crippen LogP contribution in [0.1, 0.15) is 5.82 Å². The molecule has 0 fully saturated rings. The van der Waals surface area contributed by atoms with Gasteiger partial charge in [-0.25, -0.2) is 14.5 Å². The van der Waals surface area contributed by atoms with Gasteiger partial charge in [-0.1, -0.05) is 12.1 Å². The molecule has 2 aromatic heterocycles. The Hall–Kier alpha value is -3.15. The minimum absolute atomic E-state index is 0.294. The van der Waals surface area contributed by atoms with E-state index in [1.165, 1.54) is 0 Å². The van der Waals surface area contributed by atoms with Crippen LogP contribution in [0.4, 0.5) is 0 Å². The van der Waals surface area contributed by atoms with Gasteiger partial charge in [0.1, 0.15) is 24.4 Å². The van der Waals surface area contributed by atoms with Gasteiger partial charge in [-0.3, -0.25) is 0 Å². The van der Waals surface area contributed by atoms with Crippen LogP contribution >= 0.6 is 0 Å². The summed E-state index contributed by atoms with van der Waals surface area (Å²) in [6, 6.07) is 15.3. The molecule has 0 aliphatic carbocycles. The Labute approximate surface area is 132 Å². The number of para-hydroxylation sites is 1. The van der Waals surface area contributed by atoms with E-state index in [4.69, 9.17) is 9.47 Å². The Balaban J connectivity index is 1.60. The minimum Gasteiger partial charge on any atom is -0.497 e. The molecule has 4 aromatic rings. The van der Waals surface area contributed by atoms with Crippen molar-refractivity contribution in [1.82, 2.24) is 19.6 Å². The highest BCUT2D eigenvalue weighted by molar-refractivity contribution is 5.90. The third kappa shape index (κ3) is 2.55. The van der Waals surface area contributed by atoms with Crippen LogP contribution in [0.2, 0.25) is 0 Å². The first-order valence-corrected chi connectivity index (χ1v) is 7.19. The quantitative estimate of drug-likeness (QED) is 0.580. The molecule has 2 heterocycles. The summed E-state index contributed by atoms with van der Waals surface area (Å²) in [6.45, 7) is 0.294. The fourth-order valence-corrected chi connectivity index (χ4v) is 2.40. The van der Waals surface area contributed by atoms with Crippen molar-refractivity contribution in [2.75, 3.05) is 7.11 Å². The molecule has 2 aromatic carbocycles. The van der Waals surface area contributed by atoms with Crippen molar-refractivity contribution in [3.8, 4) is 11.5 Å². The van der Waals surface area contributed by atoms with Crippen LogP contribution in [-0.4, -0.2) is 26.7 Å². The van der Waals surface area contributed by atoms with Gasteiger partial charge in [-0.15, -0.1) is 5.10 Å². The molecule has 0 atom stereocenters. The highest BCUT2D eigenvalue weighted by Gasteiger charge is 2.08. The summed E-state index contributed by atoms with van der Waals surface area (Å²) in [4.78, 5) is 8.92. The Morgan fingerprint density at radius 3 is 2.61 bits per heavy atom. The molecule has 0 bridgehead atoms. The standard InChI is InChI=1S/C17H14N4O2/c1-22-12-6-8-13(9-7-12)23-10-16-19-17-14-4-2-3-5-15(14)18-11-21(17)20-16/h2-9,11H,10H2,1H3. The van der Waals surface area contributed by atoms with Gasteiger partial charge >= 0.3 is 0 Å². The average Bonchev–Trinajstić information content (AvgIpc) is 3.04. The smallest absolute Gasteiger partial charge is 0.189 e. The summed E-state index contributed by atoms with van der Waals surface area (Å²) in [5, 5.41) is 5.38. The molecule has 0 radical (unpaired) electrons. The van der Waals surface area contributed by atoms with Crippen LogP contribution in [0, 0.1) is 0 Å². The van der Waals surface area contributed by atoms with Gasteiger partial charge in [0, 0.05) is 5.39 Å². The number of fused-ring (bicyclic) bond motifs is 3. The first-order chi connectivity index (χ1) is 11.3. The van der Waals surface area contributed by atoms with E-state index >= 15 is 0 Å². The Morgan fingerprint density at radius 1 is 1.00 bits per heavy atom. The fourth-order valence-electron chi connectivity index (χ4n) is 2.40. The maximum atomic E-state index is 5.72. The number of nitrogens with zero attached hydrogens (tertiary/aromatic N) is 4. The van der Waals surface area contributed by atoms with E-state index in [-0.39, 0.29) is 0 Å². The maximum Gasteiger partial charge on any atom is 0.189 e. The van der Waals surface area contributed by atoms with Crippen molar-refractivity contribution in [3.05, 3.63) is 60.7 Å². The van der Waals surface area contributed by atoms with Gasteiger partial charge < -0.3 is 9.47 Å². The van der Waals surface area contributed by atoms with E-state index in [0.717, 1.165) is 28.0 Å². The van der Waals surface area contributed by atoms with Crippen LogP contribution in [0.5, 0.6) is 11.5 Å².